The van der Waals surface area contributed by atoms with Gasteiger partial charge < -0.3 is 15.0 Å². The Kier molecular flexibility index (Phi) is 7.85. The van der Waals surface area contributed by atoms with E-state index in [9.17, 15) is 24.0 Å². The Morgan fingerprint density at radius 3 is 2.27 bits per heavy atom. The molecule has 2 saturated heterocycles. The van der Waals surface area contributed by atoms with Gasteiger partial charge in [-0.25, -0.2) is 4.79 Å². The summed E-state index contributed by atoms with van der Waals surface area (Å²) in [6.45, 7) is 10.1. The summed E-state index contributed by atoms with van der Waals surface area (Å²) >= 11 is 0. The number of fused-ring (bicyclic) bond motifs is 1. The summed E-state index contributed by atoms with van der Waals surface area (Å²) in [5.74, 6) is -1.35. The summed E-state index contributed by atoms with van der Waals surface area (Å²) in [6.07, 6.45) is 3.98. The van der Waals surface area contributed by atoms with Gasteiger partial charge >= 0.3 is 6.09 Å². The molecule has 1 aromatic rings. The zero-order chi connectivity index (χ0) is 28.6. The van der Waals surface area contributed by atoms with E-state index in [0.717, 1.165) is 69.0 Å². The molecule has 11 heteroatoms. The number of rotatable bonds is 5. The van der Waals surface area contributed by atoms with Crippen LogP contribution in [0.5, 0.6) is 0 Å². The molecule has 1 atom stereocenters. The van der Waals surface area contributed by atoms with Gasteiger partial charge in [-0.3, -0.25) is 34.3 Å². The summed E-state index contributed by atoms with van der Waals surface area (Å²) in [4.78, 5) is 67.7. The van der Waals surface area contributed by atoms with Crippen LogP contribution in [0, 0.1) is 5.92 Å². The first-order valence-corrected chi connectivity index (χ1v) is 14.3. The van der Waals surface area contributed by atoms with Gasteiger partial charge in [0.2, 0.25) is 11.8 Å². The van der Waals surface area contributed by atoms with Crippen molar-refractivity contribution in [1.29, 1.82) is 0 Å². The van der Waals surface area contributed by atoms with Crippen LogP contribution in [-0.4, -0.2) is 89.9 Å². The van der Waals surface area contributed by atoms with Crippen LogP contribution in [0.15, 0.2) is 18.2 Å². The number of piperazine rings is 1. The largest absolute Gasteiger partial charge is 0.444 e. The molecule has 0 radical (unpaired) electrons. The number of piperidine rings is 1. The molecule has 2 N–H and O–H groups in total. The third-order valence-electron chi connectivity index (χ3n) is 8.24. The van der Waals surface area contributed by atoms with Crippen molar-refractivity contribution in [3.63, 3.8) is 0 Å². The van der Waals surface area contributed by atoms with Gasteiger partial charge in [0.05, 0.1) is 11.1 Å². The van der Waals surface area contributed by atoms with Gasteiger partial charge in [0, 0.05) is 50.9 Å². The van der Waals surface area contributed by atoms with Crippen LogP contribution >= 0.6 is 0 Å². The number of alkyl carbamates (subject to hydrolysis) is 1. The van der Waals surface area contributed by atoms with Gasteiger partial charge in [0.1, 0.15) is 11.6 Å². The number of anilines is 1. The van der Waals surface area contributed by atoms with E-state index in [2.05, 4.69) is 20.4 Å². The summed E-state index contributed by atoms with van der Waals surface area (Å²) < 4.78 is 5.38. The second-order valence-electron chi connectivity index (χ2n) is 12.3. The fraction of sp³-hybridized carbons (Fsp3) is 0.621. The molecular formula is C29H39N5O6. The Morgan fingerprint density at radius 2 is 1.62 bits per heavy atom. The van der Waals surface area contributed by atoms with Crippen molar-refractivity contribution in [3.05, 3.63) is 29.3 Å². The third kappa shape index (κ3) is 6.14. The molecular weight excluding hydrogens is 514 g/mol. The van der Waals surface area contributed by atoms with Crippen molar-refractivity contribution in [2.45, 2.75) is 77.0 Å². The van der Waals surface area contributed by atoms with E-state index in [1.807, 2.05) is 26.8 Å². The van der Waals surface area contributed by atoms with Crippen LogP contribution < -0.4 is 15.5 Å². The number of amides is 5. The molecule has 3 heterocycles. The van der Waals surface area contributed by atoms with Gasteiger partial charge in [-0.1, -0.05) is 0 Å². The zero-order valence-corrected chi connectivity index (χ0v) is 23.5. The summed E-state index contributed by atoms with van der Waals surface area (Å²) in [5, 5.41) is 5.24. The third-order valence-corrected chi connectivity index (χ3v) is 8.24. The first kappa shape index (κ1) is 28.1. The highest BCUT2D eigenvalue weighted by Crippen LogP contribution is 2.31. The summed E-state index contributed by atoms with van der Waals surface area (Å²) in [7, 11) is 0. The zero-order valence-electron chi connectivity index (χ0n) is 23.5. The van der Waals surface area contributed by atoms with Gasteiger partial charge in [0.25, 0.3) is 11.8 Å². The van der Waals surface area contributed by atoms with Crippen LogP contribution in [0.2, 0.25) is 0 Å². The molecule has 0 aromatic heterocycles. The first-order valence-electron chi connectivity index (χ1n) is 14.3. The second-order valence-corrected chi connectivity index (χ2v) is 12.3. The molecule has 11 nitrogen and oxygen atoms in total. The Bertz CT molecular complexity index is 1190. The Hall–Kier alpha value is -3.47. The number of hydrogen-bond acceptors (Lipinski definition) is 8. The molecule has 1 aromatic carbocycles. The number of carbonyl (C=O) groups is 5. The average Bonchev–Trinajstić information content (AvgIpc) is 3.14. The Morgan fingerprint density at radius 1 is 0.950 bits per heavy atom. The lowest BCUT2D eigenvalue weighted by Crippen LogP contribution is -2.54. The molecule has 1 unspecified atom stereocenters. The molecule has 3 aliphatic heterocycles. The molecule has 5 amide bonds. The van der Waals surface area contributed by atoms with Crippen LogP contribution in [0.3, 0.4) is 0 Å². The number of benzene rings is 1. The molecule has 1 saturated carbocycles. The molecule has 4 aliphatic rings. The topological polar surface area (TPSA) is 128 Å². The lowest BCUT2D eigenvalue weighted by molar-refractivity contribution is -0.136. The summed E-state index contributed by atoms with van der Waals surface area (Å²) in [5.41, 5.74) is 1.00. The van der Waals surface area contributed by atoms with Gasteiger partial charge in [-0.15, -0.1) is 0 Å². The number of hydrogen-bond donors (Lipinski definition) is 2. The van der Waals surface area contributed by atoms with Crippen LogP contribution in [0.1, 0.15) is 80.0 Å². The molecule has 3 fully saturated rings. The van der Waals surface area contributed by atoms with Gasteiger partial charge in [-0.05, 0) is 77.0 Å². The molecule has 216 valence electrons. The lowest BCUT2D eigenvalue weighted by Gasteiger charge is -2.39. The van der Waals surface area contributed by atoms with Crippen LogP contribution in [0.4, 0.5) is 10.5 Å². The SMILES string of the molecule is CC(C)(C)OC(=O)NC1CCC(CN2CCN(c3ccc4c(c3)C(=O)N(C3CCC(=O)NC3=O)C4=O)CC2)CC1. The van der Waals surface area contributed by atoms with Crippen molar-refractivity contribution in [3.8, 4) is 0 Å². The van der Waals surface area contributed by atoms with E-state index in [1.165, 1.54) is 0 Å². The van der Waals surface area contributed by atoms with Gasteiger partial charge in [-0.2, -0.15) is 0 Å². The molecule has 5 rings (SSSR count). The fourth-order valence-corrected chi connectivity index (χ4v) is 6.17. The number of carbonyl (C=O) groups excluding carboxylic acids is 5. The highest BCUT2D eigenvalue weighted by atomic mass is 16.6. The maximum atomic E-state index is 13.2. The Labute approximate surface area is 234 Å². The predicted octanol–water partition coefficient (Wildman–Crippen LogP) is 2.29. The van der Waals surface area contributed by atoms with Gasteiger partial charge in [0.15, 0.2) is 0 Å². The predicted molar refractivity (Wildman–Crippen MR) is 147 cm³/mol. The number of nitrogens with one attached hydrogen (secondary N) is 2. The second kappa shape index (κ2) is 11.2. The Balaban J connectivity index is 1.11. The quantitative estimate of drug-likeness (QED) is 0.532. The van der Waals surface area contributed by atoms with E-state index in [4.69, 9.17) is 4.74 Å². The molecule has 40 heavy (non-hydrogen) atoms. The maximum Gasteiger partial charge on any atom is 0.407 e. The van der Waals surface area contributed by atoms with Crippen molar-refractivity contribution in [1.82, 2.24) is 20.4 Å². The monoisotopic (exact) mass is 553 g/mol. The lowest BCUT2D eigenvalue weighted by atomic mass is 9.85. The van der Waals surface area contributed by atoms with E-state index >= 15 is 0 Å². The number of nitrogens with zero attached hydrogens (tertiary/aromatic N) is 3. The van der Waals surface area contributed by atoms with Crippen molar-refractivity contribution in [2.24, 2.45) is 5.92 Å². The van der Waals surface area contributed by atoms with Crippen LogP contribution in [-0.2, 0) is 14.3 Å². The molecule has 0 spiro atoms. The fourth-order valence-electron chi connectivity index (χ4n) is 6.17. The average molecular weight is 554 g/mol. The highest BCUT2D eigenvalue weighted by Gasteiger charge is 2.44. The molecule has 1 aliphatic carbocycles. The minimum Gasteiger partial charge on any atom is -0.444 e. The maximum absolute atomic E-state index is 13.2. The molecule has 0 bridgehead atoms. The van der Waals surface area contributed by atoms with E-state index in [0.29, 0.717) is 17.0 Å². The first-order chi connectivity index (χ1) is 19.0. The smallest absolute Gasteiger partial charge is 0.407 e. The van der Waals surface area contributed by atoms with Crippen molar-refractivity contribution in [2.75, 3.05) is 37.6 Å². The van der Waals surface area contributed by atoms with Crippen LogP contribution in [0.25, 0.3) is 0 Å². The summed E-state index contributed by atoms with van der Waals surface area (Å²) in [6, 6.07) is 4.51. The standard InChI is InChI=1S/C29H39N5O6/c1-29(2,3)40-28(39)30-19-6-4-18(5-7-19)17-32-12-14-33(15-13-32)20-8-9-21-22(16-20)27(38)34(26(21)37)23-10-11-24(35)31-25(23)36/h8-9,16,18-19,23H,4-7,10-15,17H2,1-3H3,(H,30,39)(H,31,35,36). The van der Waals surface area contributed by atoms with E-state index < -0.39 is 29.4 Å². The number of imide groups is 2. The van der Waals surface area contributed by atoms with Crippen molar-refractivity contribution >= 4 is 35.4 Å². The highest BCUT2D eigenvalue weighted by molar-refractivity contribution is 6.23. The minimum atomic E-state index is -0.958. The van der Waals surface area contributed by atoms with Crippen molar-refractivity contribution < 1.29 is 28.7 Å². The van der Waals surface area contributed by atoms with E-state index in [1.54, 1.807) is 12.1 Å². The minimum absolute atomic E-state index is 0.101. The number of ether oxygens (including phenoxy) is 1. The normalized spacial score (nSPS) is 26.0. The van der Waals surface area contributed by atoms with E-state index in [-0.39, 0.29) is 30.9 Å².